The highest BCUT2D eigenvalue weighted by Crippen LogP contribution is 2.32. The number of aromatic nitrogens is 2. The van der Waals surface area contributed by atoms with Crippen LogP contribution >= 0.6 is 11.6 Å². The van der Waals surface area contributed by atoms with E-state index in [1.54, 1.807) is 6.92 Å². The predicted octanol–water partition coefficient (Wildman–Crippen LogP) is 4.54. The Bertz CT molecular complexity index is 1140. The molecule has 1 aliphatic rings. The van der Waals surface area contributed by atoms with Crippen LogP contribution in [0.25, 0.3) is 0 Å². The fourth-order valence-corrected chi connectivity index (χ4v) is 2.51. The highest BCUT2D eigenvalue weighted by molar-refractivity contribution is 6.31. The Morgan fingerprint density at radius 1 is 1.44 bits per heavy atom. The Hall–Kier alpha value is -2.08. The van der Waals surface area contributed by atoms with E-state index in [1.807, 2.05) is 0 Å². The Labute approximate surface area is 173 Å². The summed E-state index contributed by atoms with van der Waals surface area (Å²) in [5, 5.41) is -0.423. The zero-order valence-corrected chi connectivity index (χ0v) is 15.1. The van der Waals surface area contributed by atoms with Gasteiger partial charge in [-0.3, -0.25) is 4.79 Å². The van der Waals surface area contributed by atoms with Crippen LogP contribution in [0.2, 0.25) is 5.02 Å². The number of piperidine rings is 1. The second-order valence-electron chi connectivity index (χ2n) is 5.95. The van der Waals surface area contributed by atoms with Crippen molar-refractivity contribution in [1.82, 2.24) is 14.9 Å². The second kappa shape index (κ2) is 8.30. The van der Waals surface area contributed by atoms with Crippen molar-refractivity contribution in [2.75, 3.05) is 13.0 Å². The van der Waals surface area contributed by atoms with Crippen LogP contribution in [0, 0.1) is 12.7 Å². The monoisotopic (exact) mass is 401 g/mol. The molecular formula is C20H22ClF2N3O. The van der Waals surface area contributed by atoms with E-state index in [2.05, 4.69) is 9.97 Å². The molecule has 0 saturated carbocycles. The molecule has 2 aromatic rings. The van der Waals surface area contributed by atoms with Gasteiger partial charge in [0.15, 0.2) is 0 Å². The first-order valence-electron chi connectivity index (χ1n) is 12.1. The molecule has 1 amide bonds. The standard InChI is InChI=1S/C20H22ClF2N3O/c1-14-12-24-18(25-13-14)3-2-6-20(23)7-9-26(10-8-20)19(27)15-4-5-17(22)16(21)11-15/h4-5,11-13H,2-3,6-10H2,1H3/i3D2,6D2,7D2,10D2. The maximum atomic E-state index is 16.3. The van der Waals surface area contributed by atoms with Crippen LogP contribution in [0.1, 0.15) is 58.3 Å². The van der Waals surface area contributed by atoms with Crippen molar-refractivity contribution in [3.8, 4) is 0 Å². The molecule has 1 atom stereocenters. The normalized spacial score (nSPS) is 29.1. The van der Waals surface area contributed by atoms with Crippen LogP contribution < -0.4 is 0 Å². The van der Waals surface area contributed by atoms with Crippen LogP contribution in [0.5, 0.6) is 0 Å². The highest BCUT2D eigenvalue weighted by atomic mass is 35.5. The minimum Gasteiger partial charge on any atom is -0.338 e. The summed E-state index contributed by atoms with van der Waals surface area (Å²) in [6.45, 7) is -2.41. The zero-order valence-electron chi connectivity index (χ0n) is 22.4. The molecule has 1 aromatic carbocycles. The fraction of sp³-hybridized carbons (Fsp3) is 0.450. The first-order chi connectivity index (χ1) is 15.8. The Morgan fingerprint density at radius 3 is 2.89 bits per heavy atom. The van der Waals surface area contributed by atoms with E-state index in [9.17, 15) is 9.18 Å². The number of hydrogen-bond donors (Lipinski definition) is 0. The van der Waals surface area contributed by atoms with Crippen LogP contribution in [0.15, 0.2) is 30.6 Å². The van der Waals surface area contributed by atoms with Crippen LogP contribution in [-0.2, 0) is 6.37 Å². The fourth-order valence-electron chi connectivity index (χ4n) is 2.33. The van der Waals surface area contributed by atoms with Gasteiger partial charge in [-0.15, -0.1) is 0 Å². The quantitative estimate of drug-likeness (QED) is 0.738. The molecule has 144 valence electrons. The third-order valence-electron chi connectivity index (χ3n) is 3.84. The summed E-state index contributed by atoms with van der Waals surface area (Å²) in [5.74, 6) is -2.35. The summed E-state index contributed by atoms with van der Waals surface area (Å²) in [6, 6.07) is 2.82. The van der Waals surface area contributed by atoms with Gasteiger partial charge in [0.05, 0.1) is 5.02 Å². The van der Waals surface area contributed by atoms with Gasteiger partial charge in [-0.1, -0.05) is 11.6 Å². The van der Waals surface area contributed by atoms with E-state index in [0.29, 0.717) is 10.5 Å². The van der Waals surface area contributed by atoms with Gasteiger partial charge >= 0.3 is 0 Å². The molecule has 0 N–H and O–H groups in total. The minimum atomic E-state index is -3.54. The number of halogens is 3. The number of likely N-dealkylation sites (tertiary alicyclic amines) is 1. The third kappa shape index (κ3) is 5.01. The number of hydrogen-bond acceptors (Lipinski definition) is 3. The largest absolute Gasteiger partial charge is 0.338 e. The molecule has 27 heavy (non-hydrogen) atoms. The van der Waals surface area contributed by atoms with E-state index in [4.69, 9.17) is 22.6 Å². The molecule has 0 bridgehead atoms. The number of carbonyl (C=O) groups is 1. The van der Waals surface area contributed by atoms with Crippen molar-refractivity contribution in [1.29, 1.82) is 0 Å². The van der Waals surface area contributed by atoms with Crippen molar-refractivity contribution in [3.63, 3.8) is 0 Å². The number of carbonyl (C=O) groups excluding carboxylic acids is 1. The second-order valence-corrected chi connectivity index (χ2v) is 6.35. The third-order valence-corrected chi connectivity index (χ3v) is 4.13. The first-order valence-corrected chi connectivity index (χ1v) is 8.46. The molecule has 3 rings (SSSR count). The van der Waals surface area contributed by atoms with E-state index < -0.39 is 73.2 Å². The maximum absolute atomic E-state index is 16.3. The Kier molecular flexibility index (Phi) is 3.59. The van der Waals surface area contributed by atoms with Gasteiger partial charge in [0.25, 0.3) is 5.91 Å². The lowest BCUT2D eigenvalue weighted by Gasteiger charge is -2.36. The van der Waals surface area contributed by atoms with Gasteiger partial charge in [-0.2, -0.15) is 0 Å². The average Bonchev–Trinajstić information content (AvgIpc) is 2.71. The van der Waals surface area contributed by atoms with Crippen molar-refractivity contribution in [2.24, 2.45) is 0 Å². The van der Waals surface area contributed by atoms with Crippen molar-refractivity contribution >= 4 is 17.5 Å². The van der Waals surface area contributed by atoms with E-state index in [0.717, 1.165) is 18.2 Å². The molecule has 2 heterocycles. The van der Waals surface area contributed by atoms with E-state index >= 15 is 4.39 Å². The molecule has 0 radical (unpaired) electrons. The summed E-state index contributed by atoms with van der Waals surface area (Å²) >= 11 is 5.68. The summed E-state index contributed by atoms with van der Waals surface area (Å²) in [6.07, 6.45) is -9.03. The Morgan fingerprint density at radius 2 is 2.19 bits per heavy atom. The molecule has 1 aromatic heterocycles. The molecule has 0 spiro atoms. The average molecular weight is 402 g/mol. The van der Waals surface area contributed by atoms with Gasteiger partial charge in [-0.25, -0.2) is 18.7 Å². The SMILES string of the molecule is [2H]C([2H])(CC([2H])([2H])C1(F)CC([2H])([2H])N(C(=O)c2ccc(F)c(Cl)c2)CC1([2H])[2H])c1ncc(C)cn1. The summed E-state index contributed by atoms with van der Waals surface area (Å²) in [5.41, 5.74) is -3.20. The summed E-state index contributed by atoms with van der Waals surface area (Å²) in [7, 11) is 0. The molecular weight excluding hydrogens is 372 g/mol. The molecule has 0 aliphatic carbocycles. The lowest BCUT2D eigenvalue weighted by atomic mass is 9.88. The number of nitrogens with zero attached hydrogens (tertiary/aromatic N) is 3. The summed E-state index contributed by atoms with van der Waals surface area (Å²) in [4.78, 5) is 21.0. The zero-order chi connectivity index (χ0) is 26.6. The van der Waals surface area contributed by atoms with Crippen molar-refractivity contribution in [3.05, 3.63) is 58.4 Å². The molecule has 1 aliphatic heterocycles. The van der Waals surface area contributed by atoms with Crippen LogP contribution in [0.4, 0.5) is 8.78 Å². The molecule has 1 saturated heterocycles. The first kappa shape index (κ1) is 11.7. The lowest BCUT2D eigenvalue weighted by Crippen LogP contribution is -2.44. The van der Waals surface area contributed by atoms with Gasteiger partial charge in [0, 0.05) is 48.3 Å². The van der Waals surface area contributed by atoms with Crippen LogP contribution in [-0.4, -0.2) is 39.5 Å². The van der Waals surface area contributed by atoms with Gasteiger partial charge < -0.3 is 4.90 Å². The number of amides is 1. The topological polar surface area (TPSA) is 46.1 Å². The van der Waals surface area contributed by atoms with E-state index in [1.165, 1.54) is 12.4 Å². The molecule has 7 heteroatoms. The smallest absolute Gasteiger partial charge is 0.253 e. The lowest BCUT2D eigenvalue weighted by molar-refractivity contribution is 0.0389. The number of aryl methyl sites for hydroxylation is 2. The number of rotatable bonds is 5. The van der Waals surface area contributed by atoms with Gasteiger partial charge in [-0.05, 0) is 56.3 Å². The maximum Gasteiger partial charge on any atom is 0.253 e. The molecule has 4 nitrogen and oxygen atoms in total. The van der Waals surface area contributed by atoms with E-state index in [-0.39, 0.29) is 5.56 Å². The predicted molar refractivity (Wildman–Crippen MR) is 100 cm³/mol. The van der Waals surface area contributed by atoms with Crippen LogP contribution in [0.3, 0.4) is 0 Å². The molecule has 1 fully saturated rings. The van der Waals surface area contributed by atoms with Gasteiger partial charge in [0.2, 0.25) is 0 Å². The highest BCUT2D eigenvalue weighted by Gasteiger charge is 2.35. The van der Waals surface area contributed by atoms with Crippen molar-refractivity contribution in [2.45, 2.75) is 44.6 Å². The summed E-state index contributed by atoms with van der Waals surface area (Å²) < 4.78 is 95.8. The van der Waals surface area contributed by atoms with Crippen molar-refractivity contribution < 1.29 is 24.5 Å². The number of benzene rings is 1. The van der Waals surface area contributed by atoms with Gasteiger partial charge in [0.1, 0.15) is 17.3 Å². The molecule has 1 unspecified atom stereocenters. The number of alkyl halides is 1. The minimum absolute atomic E-state index is 0.265. The Balaban J connectivity index is 1.94.